The predicted molar refractivity (Wildman–Crippen MR) is 130 cm³/mol. The van der Waals surface area contributed by atoms with Crippen molar-refractivity contribution in [2.45, 2.75) is 42.5 Å². The molecule has 1 atom stereocenters. The number of thioether (sulfide) groups is 1. The number of amides is 1. The Hall–Kier alpha value is -3.82. The number of imidazole rings is 1. The van der Waals surface area contributed by atoms with Gasteiger partial charge in [0.05, 0.1) is 17.5 Å². The van der Waals surface area contributed by atoms with E-state index in [1.54, 1.807) is 6.20 Å². The number of hydrogen-bond donors (Lipinski definition) is 1. The molecule has 172 valence electrons. The van der Waals surface area contributed by atoms with Gasteiger partial charge in [-0.05, 0) is 30.4 Å². The highest BCUT2D eigenvalue weighted by atomic mass is 32.2. The summed E-state index contributed by atoms with van der Waals surface area (Å²) in [5.74, 6) is 0.0632. The van der Waals surface area contributed by atoms with Crippen molar-refractivity contribution in [2.24, 2.45) is 5.73 Å². The normalized spacial score (nSPS) is 14.9. The first-order valence-electron chi connectivity index (χ1n) is 11.2. The topological polar surface area (TPSA) is 125 Å². The zero-order valence-electron chi connectivity index (χ0n) is 18.9. The largest absolute Gasteiger partial charge is 0.368 e. The fourth-order valence-corrected chi connectivity index (χ4v) is 5.45. The number of nitriles is 2. The molecule has 9 heteroatoms. The molecule has 0 spiro atoms. The van der Waals surface area contributed by atoms with Crippen molar-refractivity contribution < 1.29 is 4.79 Å². The molecule has 0 radical (unpaired) electrons. The summed E-state index contributed by atoms with van der Waals surface area (Å²) in [6.45, 7) is 3.37. The van der Waals surface area contributed by atoms with Crippen molar-refractivity contribution >= 4 is 23.5 Å². The van der Waals surface area contributed by atoms with Crippen molar-refractivity contribution in [3.63, 3.8) is 0 Å². The Morgan fingerprint density at radius 3 is 2.47 bits per heavy atom. The van der Waals surface area contributed by atoms with E-state index in [1.165, 1.54) is 11.8 Å². The van der Waals surface area contributed by atoms with Crippen LogP contribution in [0.15, 0.2) is 54.1 Å². The van der Waals surface area contributed by atoms with Crippen LogP contribution in [-0.4, -0.2) is 33.5 Å². The average Bonchev–Trinajstić information content (AvgIpc) is 3.41. The van der Waals surface area contributed by atoms with Gasteiger partial charge in [-0.15, -0.1) is 0 Å². The van der Waals surface area contributed by atoms with E-state index in [9.17, 15) is 15.3 Å². The molecule has 34 heavy (non-hydrogen) atoms. The Balaban J connectivity index is 1.72. The van der Waals surface area contributed by atoms with E-state index in [1.807, 2.05) is 49.8 Å². The van der Waals surface area contributed by atoms with E-state index in [0.717, 1.165) is 31.5 Å². The molecular formula is C25H25N7OS. The van der Waals surface area contributed by atoms with Gasteiger partial charge in [-0.3, -0.25) is 4.79 Å². The number of carbonyl (C=O) groups excluding carboxylic acids is 1. The van der Waals surface area contributed by atoms with Gasteiger partial charge in [-0.25, -0.2) is 9.97 Å². The first-order chi connectivity index (χ1) is 16.6. The molecular weight excluding hydrogens is 446 g/mol. The van der Waals surface area contributed by atoms with E-state index < -0.39 is 11.2 Å². The third kappa shape index (κ3) is 4.61. The zero-order valence-corrected chi connectivity index (χ0v) is 19.7. The molecule has 1 saturated heterocycles. The Morgan fingerprint density at radius 2 is 1.91 bits per heavy atom. The number of aromatic nitrogens is 3. The Labute approximate surface area is 203 Å². The van der Waals surface area contributed by atoms with Crippen molar-refractivity contribution in [3.8, 4) is 12.1 Å². The molecule has 4 rings (SSSR count). The summed E-state index contributed by atoms with van der Waals surface area (Å²) >= 11 is 1.17. The molecule has 3 heterocycles. The fourth-order valence-electron chi connectivity index (χ4n) is 4.39. The molecule has 1 fully saturated rings. The zero-order chi connectivity index (χ0) is 24.1. The van der Waals surface area contributed by atoms with Crippen LogP contribution in [0.1, 0.15) is 53.3 Å². The number of pyridine rings is 1. The number of hydrogen-bond acceptors (Lipinski definition) is 7. The van der Waals surface area contributed by atoms with Gasteiger partial charge in [-0.2, -0.15) is 10.5 Å². The Kier molecular flexibility index (Phi) is 7.15. The number of nitrogens with zero attached hydrogens (tertiary/aromatic N) is 6. The first-order valence-corrected chi connectivity index (χ1v) is 12.1. The number of carbonyl (C=O) groups is 1. The number of primary amides is 1. The second-order valence-corrected chi connectivity index (χ2v) is 9.18. The van der Waals surface area contributed by atoms with Crippen LogP contribution in [0.3, 0.4) is 0 Å². The van der Waals surface area contributed by atoms with Gasteiger partial charge < -0.3 is 15.2 Å². The summed E-state index contributed by atoms with van der Waals surface area (Å²) in [4.78, 5) is 23.4. The second kappa shape index (κ2) is 10.4. The third-order valence-electron chi connectivity index (χ3n) is 6.13. The highest BCUT2D eigenvalue weighted by Crippen LogP contribution is 2.40. The molecule has 0 aliphatic carbocycles. The van der Waals surface area contributed by atoms with Crippen LogP contribution in [0, 0.1) is 22.7 Å². The van der Waals surface area contributed by atoms with Crippen LogP contribution in [0.2, 0.25) is 0 Å². The van der Waals surface area contributed by atoms with Crippen molar-refractivity contribution in [2.75, 3.05) is 18.0 Å². The highest BCUT2D eigenvalue weighted by Gasteiger charge is 2.29. The lowest BCUT2D eigenvalue weighted by molar-refractivity contribution is -0.117. The quantitative estimate of drug-likeness (QED) is 0.520. The first kappa shape index (κ1) is 23.3. The maximum absolute atomic E-state index is 12.3. The molecule has 1 aliphatic heterocycles. The van der Waals surface area contributed by atoms with Crippen LogP contribution < -0.4 is 10.6 Å². The van der Waals surface area contributed by atoms with Gasteiger partial charge >= 0.3 is 0 Å². The summed E-state index contributed by atoms with van der Waals surface area (Å²) in [5, 5.41) is 19.7. The molecule has 3 aromatic rings. The molecule has 2 N–H and O–H groups in total. The van der Waals surface area contributed by atoms with Gasteiger partial charge in [0, 0.05) is 31.5 Å². The van der Waals surface area contributed by atoms with E-state index in [0.29, 0.717) is 40.0 Å². The lowest BCUT2D eigenvalue weighted by Gasteiger charge is -2.34. The fraction of sp³-hybridized carbons (Fsp3) is 0.320. The minimum atomic E-state index is -0.696. The highest BCUT2D eigenvalue weighted by molar-refractivity contribution is 8.00. The van der Waals surface area contributed by atoms with Crippen molar-refractivity contribution in [1.29, 1.82) is 10.5 Å². The van der Waals surface area contributed by atoms with Crippen LogP contribution in [-0.2, 0) is 11.2 Å². The molecule has 2 aromatic heterocycles. The second-order valence-electron chi connectivity index (χ2n) is 8.09. The number of rotatable bonds is 7. The molecule has 0 bridgehead atoms. The standard InChI is InChI=1S/C25H25N7OS/c1-2-19-20(14-26)24(31-11-8-18(9-12-31)32-13-10-29-16-32)30-25(21(19)15-27)34-22(23(28)33)17-6-4-3-5-7-17/h3-7,10,13,16,18,22H,2,8-9,11-12H2,1H3,(H2,28,33). The molecule has 0 saturated carbocycles. The maximum atomic E-state index is 12.3. The van der Waals surface area contributed by atoms with Crippen LogP contribution in [0.4, 0.5) is 5.82 Å². The van der Waals surface area contributed by atoms with E-state index in [2.05, 4.69) is 26.6 Å². The summed E-state index contributed by atoms with van der Waals surface area (Å²) in [6, 6.07) is 14.1. The van der Waals surface area contributed by atoms with Gasteiger partial charge in [-0.1, -0.05) is 49.0 Å². The number of anilines is 1. The number of nitrogens with two attached hydrogens (primary N) is 1. The molecule has 1 amide bonds. The molecule has 1 unspecified atom stereocenters. The van der Waals surface area contributed by atoms with E-state index in [-0.39, 0.29) is 0 Å². The van der Waals surface area contributed by atoms with E-state index in [4.69, 9.17) is 10.7 Å². The SMILES string of the molecule is CCc1c(C#N)c(SC(C(N)=O)c2ccccc2)nc(N2CCC(n3ccnc3)CC2)c1C#N. The molecule has 8 nitrogen and oxygen atoms in total. The minimum absolute atomic E-state index is 0.336. The number of benzene rings is 1. The monoisotopic (exact) mass is 471 g/mol. The lowest BCUT2D eigenvalue weighted by atomic mass is 10.00. The molecule has 1 aromatic carbocycles. The maximum Gasteiger partial charge on any atom is 0.235 e. The Morgan fingerprint density at radius 1 is 1.21 bits per heavy atom. The van der Waals surface area contributed by atoms with Crippen LogP contribution in [0.25, 0.3) is 0 Å². The van der Waals surface area contributed by atoms with E-state index >= 15 is 0 Å². The molecule has 1 aliphatic rings. The summed E-state index contributed by atoms with van der Waals surface area (Å²) in [5.41, 5.74) is 7.91. The van der Waals surface area contributed by atoms with Crippen molar-refractivity contribution in [1.82, 2.24) is 14.5 Å². The predicted octanol–water partition coefficient (Wildman–Crippen LogP) is 3.74. The summed E-state index contributed by atoms with van der Waals surface area (Å²) in [7, 11) is 0. The summed E-state index contributed by atoms with van der Waals surface area (Å²) in [6.07, 6.45) is 7.87. The van der Waals surface area contributed by atoms with Gasteiger partial charge in [0.25, 0.3) is 0 Å². The van der Waals surface area contributed by atoms with Crippen molar-refractivity contribution in [3.05, 3.63) is 71.3 Å². The minimum Gasteiger partial charge on any atom is -0.368 e. The summed E-state index contributed by atoms with van der Waals surface area (Å²) < 4.78 is 2.12. The van der Waals surface area contributed by atoms with Crippen LogP contribution in [0.5, 0.6) is 0 Å². The third-order valence-corrected chi connectivity index (χ3v) is 7.39. The lowest BCUT2D eigenvalue weighted by Crippen LogP contribution is -2.36. The smallest absolute Gasteiger partial charge is 0.235 e. The van der Waals surface area contributed by atoms with Gasteiger partial charge in [0.1, 0.15) is 28.2 Å². The number of piperidine rings is 1. The average molecular weight is 472 g/mol. The van der Waals surface area contributed by atoms with Gasteiger partial charge in [0.2, 0.25) is 5.91 Å². The van der Waals surface area contributed by atoms with Gasteiger partial charge in [0.15, 0.2) is 0 Å². The Bertz CT molecular complexity index is 1240. The van der Waals surface area contributed by atoms with Crippen LogP contribution >= 0.6 is 11.8 Å².